The van der Waals surface area contributed by atoms with Crippen LogP contribution in [0.1, 0.15) is 18.9 Å². The highest BCUT2D eigenvalue weighted by molar-refractivity contribution is 5.89. The molecule has 2 aliphatic heterocycles. The van der Waals surface area contributed by atoms with Gasteiger partial charge in [0.15, 0.2) is 0 Å². The summed E-state index contributed by atoms with van der Waals surface area (Å²) in [6, 6.07) is 2.24. The molecule has 0 aliphatic carbocycles. The van der Waals surface area contributed by atoms with E-state index in [9.17, 15) is 4.79 Å². The van der Waals surface area contributed by atoms with Gasteiger partial charge in [-0.25, -0.2) is 4.68 Å². The van der Waals surface area contributed by atoms with E-state index < -0.39 is 0 Å². The zero-order valence-corrected chi connectivity index (χ0v) is 10.4. The molecule has 0 unspecified atom stereocenters. The van der Waals surface area contributed by atoms with Gasteiger partial charge in [-0.05, 0) is 25.4 Å². The summed E-state index contributed by atoms with van der Waals surface area (Å²) >= 11 is 0. The van der Waals surface area contributed by atoms with Gasteiger partial charge in [0.2, 0.25) is 5.91 Å². The summed E-state index contributed by atoms with van der Waals surface area (Å²) in [7, 11) is 0. The number of carbonyl (C=O) groups is 1. The summed E-state index contributed by atoms with van der Waals surface area (Å²) < 4.78 is 1.90. The number of amides is 1. The van der Waals surface area contributed by atoms with Gasteiger partial charge < -0.3 is 16.0 Å². The molecule has 2 aliphatic rings. The second kappa shape index (κ2) is 5.07. The topological polar surface area (TPSA) is 71.0 Å². The van der Waals surface area contributed by atoms with E-state index in [0.29, 0.717) is 18.4 Å². The molecule has 0 saturated carbocycles. The Hall–Kier alpha value is -1.40. The third kappa shape index (κ3) is 2.39. The van der Waals surface area contributed by atoms with E-state index in [1.165, 1.54) is 0 Å². The van der Waals surface area contributed by atoms with Gasteiger partial charge in [-0.2, -0.15) is 5.10 Å². The van der Waals surface area contributed by atoms with Crippen LogP contribution in [0.15, 0.2) is 12.3 Å². The van der Waals surface area contributed by atoms with Crippen molar-refractivity contribution in [2.75, 3.05) is 31.5 Å². The number of carbonyl (C=O) groups excluding carboxylic acids is 1. The molecule has 0 spiro atoms. The molecule has 0 atom stereocenters. The third-order valence-electron chi connectivity index (χ3n) is 3.69. The fraction of sp³-hybridized carbons (Fsp3) is 0.667. The number of anilines is 1. The molecule has 2 saturated heterocycles. The Labute approximate surface area is 106 Å². The van der Waals surface area contributed by atoms with Crippen LogP contribution in [0.5, 0.6) is 0 Å². The summed E-state index contributed by atoms with van der Waals surface area (Å²) in [4.78, 5) is 11.8. The fourth-order valence-corrected chi connectivity index (χ4v) is 2.24. The molecule has 6 heteroatoms. The van der Waals surface area contributed by atoms with Gasteiger partial charge in [0.05, 0.1) is 12.2 Å². The van der Waals surface area contributed by atoms with Crippen molar-refractivity contribution in [3.63, 3.8) is 0 Å². The zero-order valence-electron chi connectivity index (χ0n) is 10.4. The molecular formula is C12H19N5O. The molecule has 98 valence electrons. The number of nitrogens with zero attached hydrogens (tertiary/aromatic N) is 2. The van der Waals surface area contributed by atoms with Crippen molar-refractivity contribution in [1.29, 1.82) is 0 Å². The molecule has 0 aromatic carbocycles. The first-order valence-corrected chi connectivity index (χ1v) is 6.58. The van der Waals surface area contributed by atoms with Crippen LogP contribution in [0, 0.1) is 5.92 Å². The number of rotatable bonds is 5. The van der Waals surface area contributed by atoms with Crippen molar-refractivity contribution in [1.82, 2.24) is 20.4 Å². The smallest absolute Gasteiger partial charge is 0.225 e. The second-order valence-corrected chi connectivity index (χ2v) is 5.08. The highest BCUT2D eigenvalue weighted by Crippen LogP contribution is 2.18. The van der Waals surface area contributed by atoms with E-state index in [4.69, 9.17) is 0 Å². The molecule has 2 fully saturated rings. The third-order valence-corrected chi connectivity index (χ3v) is 3.69. The maximum absolute atomic E-state index is 11.8. The predicted octanol–water partition coefficient (Wildman–Crippen LogP) is -0.0345. The van der Waals surface area contributed by atoms with Crippen molar-refractivity contribution < 1.29 is 4.79 Å². The first-order chi connectivity index (χ1) is 8.83. The van der Waals surface area contributed by atoms with E-state index in [0.717, 1.165) is 38.4 Å². The second-order valence-electron chi connectivity index (χ2n) is 5.08. The van der Waals surface area contributed by atoms with Gasteiger partial charge >= 0.3 is 0 Å². The molecule has 6 nitrogen and oxygen atoms in total. The lowest BCUT2D eigenvalue weighted by atomic mass is 9.97. The summed E-state index contributed by atoms with van der Waals surface area (Å²) in [6.45, 7) is 3.97. The van der Waals surface area contributed by atoms with Crippen LogP contribution in [0.25, 0.3) is 0 Å². The van der Waals surface area contributed by atoms with Crippen molar-refractivity contribution >= 4 is 11.7 Å². The molecule has 0 radical (unpaired) electrons. The first kappa shape index (κ1) is 11.7. The van der Waals surface area contributed by atoms with Crippen molar-refractivity contribution in [3.05, 3.63) is 12.3 Å². The van der Waals surface area contributed by atoms with Gasteiger partial charge in [0.25, 0.3) is 0 Å². The molecule has 0 bridgehead atoms. The van der Waals surface area contributed by atoms with Gasteiger partial charge in [-0.1, -0.05) is 0 Å². The monoisotopic (exact) mass is 249 g/mol. The molecule has 1 amide bonds. The van der Waals surface area contributed by atoms with Gasteiger partial charge in [0, 0.05) is 25.6 Å². The Morgan fingerprint density at radius 3 is 2.78 bits per heavy atom. The number of aromatic nitrogens is 2. The highest BCUT2D eigenvalue weighted by atomic mass is 16.1. The minimum Gasteiger partial charge on any atom is -0.316 e. The van der Waals surface area contributed by atoms with E-state index in [1.807, 2.05) is 10.7 Å². The van der Waals surface area contributed by atoms with Crippen LogP contribution in [0.3, 0.4) is 0 Å². The quantitative estimate of drug-likeness (QED) is 0.685. The number of hydrogen-bond acceptors (Lipinski definition) is 4. The van der Waals surface area contributed by atoms with Crippen LogP contribution < -0.4 is 16.0 Å². The zero-order chi connectivity index (χ0) is 12.4. The predicted molar refractivity (Wildman–Crippen MR) is 68.4 cm³/mol. The standard InChI is InChI=1S/C12H19N5O/c18-12(2-1-9-5-13-6-9)16-11-3-4-15-17(11)10-7-14-8-10/h3-4,9-10,13-14H,1-2,5-8H2,(H,16,18). The number of hydrogen-bond donors (Lipinski definition) is 3. The summed E-state index contributed by atoms with van der Waals surface area (Å²) in [5.41, 5.74) is 0. The van der Waals surface area contributed by atoms with Gasteiger partial charge in [-0.3, -0.25) is 4.79 Å². The van der Waals surface area contributed by atoms with Crippen molar-refractivity contribution in [2.45, 2.75) is 18.9 Å². The summed E-state index contributed by atoms with van der Waals surface area (Å²) in [6.07, 6.45) is 3.31. The molecular weight excluding hydrogens is 230 g/mol. The lowest BCUT2D eigenvalue weighted by molar-refractivity contribution is -0.116. The SMILES string of the molecule is O=C(CCC1CNC1)Nc1ccnn1C1CNC1. The fourth-order valence-electron chi connectivity index (χ4n) is 2.24. The van der Waals surface area contributed by atoms with E-state index >= 15 is 0 Å². The molecule has 3 heterocycles. The van der Waals surface area contributed by atoms with E-state index in [-0.39, 0.29) is 5.91 Å². The van der Waals surface area contributed by atoms with Crippen LogP contribution in [-0.2, 0) is 4.79 Å². The first-order valence-electron chi connectivity index (χ1n) is 6.58. The van der Waals surface area contributed by atoms with Gasteiger partial charge in [0.1, 0.15) is 5.82 Å². The van der Waals surface area contributed by atoms with Crippen LogP contribution >= 0.6 is 0 Å². The van der Waals surface area contributed by atoms with E-state index in [1.54, 1.807) is 6.20 Å². The van der Waals surface area contributed by atoms with Crippen LogP contribution in [-0.4, -0.2) is 41.9 Å². The Balaban J connectivity index is 1.51. The Bertz CT molecular complexity index is 422. The average molecular weight is 249 g/mol. The Morgan fingerprint density at radius 2 is 2.17 bits per heavy atom. The molecule has 1 aromatic heterocycles. The van der Waals surface area contributed by atoms with Crippen molar-refractivity contribution in [3.8, 4) is 0 Å². The van der Waals surface area contributed by atoms with Gasteiger partial charge in [-0.15, -0.1) is 0 Å². The Kier molecular flexibility index (Phi) is 3.29. The Morgan fingerprint density at radius 1 is 1.39 bits per heavy atom. The van der Waals surface area contributed by atoms with Crippen LogP contribution in [0.2, 0.25) is 0 Å². The minimum atomic E-state index is 0.0935. The molecule has 1 aromatic rings. The summed E-state index contributed by atoms with van der Waals surface area (Å²) in [5, 5.41) is 13.6. The largest absolute Gasteiger partial charge is 0.316 e. The maximum atomic E-state index is 11.8. The number of nitrogens with one attached hydrogen (secondary N) is 3. The minimum absolute atomic E-state index is 0.0935. The van der Waals surface area contributed by atoms with E-state index in [2.05, 4.69) is 21.0 Å². The normalized spacial score (nSPS) is 20.2. The maximum Gasteiger partial charge on any atom is 0.225 e. The average Bonchev–Trinajstić information content (AvgIpc) is 2.61. The highest BCUT2D eigenvalue weighted by Gasteiger charge is 2.22. The molecule has 3 rings (SSSR count). The summed E-state index contributed by atoms with van der Waals surface area (Å²) in [5.74, 6) is 1.59. The molecule has 3 N–H and O–H groups in total. The molecule has 18 heavy (non-hydrogen) atoms. The lowest BCUT2D eigenvalue weighted by Crippen LogP contribution is -2.44. The van der Waals surface area contributed by atoms with Crippen LogP contribution in [0.4, 0.5) is 5.82 Å². The lowest BCUT2D eigenvalue weighted by Gasteiger charge is -2.29. The van der Waals surface area contributed by atoms with Crippen molar-refractivity contribution in [2.24, 2.45) is 5.92 Å².